The van der Waals surface area contributed by atoms with E-state index in [-0.39, 0.29) is 6.02 Å². The van der Waals surface area contributed by atoms with Crippen molar-refractivity contribution in [3.63, 3.8) is 0 Å². The summed E-state index contributed by atoms with van der Waals surface area (Å²) in [6.07, 6.45) is 5.47. The van der Waals surface area contributed by atoms with Crippen molar-refractivity contribution in [1.82, 2.24) is 9.97 Å². The molecule has 2 aliphatic rings. The summed E-state index contributed by atoms with van der Waals surface area (Å²) in [4.78, 5) is 14.7. The third kappa shape index (κ3) is 3.19. The van der Waals surface area contributed by atoms with Crippen molar-refractivity contribution in [2.24, 2.45) is 16.6 Å². The molecule has 152 valence electrons. The van der Waals surface area contributed by atoms with Crippen molar-refractivity contribution in [1.29, 1.82) is 0 Å². The molecular formula is C23H22N4O2S. The number of fused-ring (bicyclic) bond motifs is 4. The van der Waals surface area contributed by atoms with E-state index in [9.17, 15) is 0 Å². The van der Waals surface area contributed by atoms with Gasteiger partial charge in [-0.05, 0) is 35.7 Å². The van der Waals surface area contributed by atoms with Crippen molar-refractivity contribution in [2.45, 2.75) is 24.3 Å². The fourth-order valence-corrected chi connectivity index (χ4v) is 4.62. The van der Waals surface area contributed by atoms with Crippen molar-refractivity contribution >= 4 is 17.8 Å². The van der Waals surface area contributed by atoms with Crippen LogP contribution in [0.4, 0.5) is 0 Å². The zero-order valence-corrected chi connectivity index (χ0v) is 17.6. The average Bonchev–Trinajstić information content (AvgIpc) is 3.15. The van der Waals surface area contributed by atoms with E-state index in [1.165, 1.54) is 0 Å². The van der Waals surface area contributed by atoms with Crippen molar-refractivity contribution < 1.29 is 9.47 Å². The average molecular weight is 419 g/mol. The van der Waals surface area contributed by atoms with Gasteiger partial charge in [0.2, 0.25) is 5.88 Å². The molecule has 2 aromatic heterocycles. The van der Waals surface area contributed by atoms with Gasteiger partial charge >= 0.3 is 0 Å². The van der Waals surface area contributed by atoms with Gasteiger partial charge in [-0.1, -0.05) is 26.0 Å². The third-order valence-electron chi connectivity index (χ3n) is 5.21. The molecule has 0 saturated carbocycles. The predicted octanol–water partition coefficient (Wildman–Crippen LogP) is 4.59. The van der Waals surface area contributed by atoms with Gasteiger partial charge < -0.3 is 15.2 Å². The third-order valence-corrected chi connectivity index (χ3v) is 6.60. The number of benzene rings is 1. The standard InChI is InChI=1S/C23H22N4O2S/c1-14(2)12-30-17-9-19-21(26-11-17)29-20-6-5-15(16-4-3-7-25-10-16)8-18(20)23(19)13-28-22(24)27-23/h3-11,14H,12-13H2,1-2H3,(H2,24,27)/t23-/m0/s1. The quantitative estimate of drug-likeness (QED) is 0.624. The molecule has 3 aromatic rings. The largest absolute Gasteiger partial charge is 0.462 e. The van der Waals surface area contributed by atoms with Gasteiger partial charge in [-0.15, -0.1) is 11.8 Å². The minimum absolute atomic E-state index is 0.181. The van der Waals surface area contributed by atoms with Crippen molar-refractivity contribution in [3.8, 4) is 22.8 Å². The first-order chi connectivity index (χ1) is 14.5. The maximum atomic E-state index is 6.17. The minimum Gasteiger partial charge on any atom is -0.462 e. The van der Waals surface area contributed by atoms with Gasteiger partial charge in [0.05, 0.1) is 5.56 Å². The number of ether oxygens (including phenoxy) is 2. The summed E-state index contributed by atoms with van der Waals surface area (Å²) in [5.41, 5.74) is 9.08. The fourth-order valence-electron chi connectivity index (χ4n) is 3.76. The molecule has 1 aromatic carbocycles. The van der Waals surface area contributed by atoms with Gasteiger partial charge in [0.1, 0.15) is 12.4 Å². The molecule has 0 saturated heterocycles. The van der Waals surface area contributed by atoms with Gasteiger partial charge in [0.25, 0.3) is 6.02 Å². The number of hydrogen-bond donors (Lipinski definition) is 1. The van der Waals surface area contributed by atoms with E-state index in [2.05, 4.69) is 35.9 Å². The molecule has 2 aliphatic heterocycles. The minimum atomic E-state index is -0.771. The lowest BCUT2D eigenvalue weighted by atomic mass is 9.81. The van der Waals surface area contributed by atoms with E-state index < -0.39 is 5.54 Å². The number of aromatic nitrogens is 2. The molecule has 6 nitrogen and oxygen atoms in total. The summed E-state index contributed by atoms with van der Waals surface area (Å²) in [6.45, 7) is 4.73. The molecule has 30 heavy (non-hydrogen) atoms. The second kappa shape index (κ2) is 7.32. The number of nitrogens with two attached hydrogens (primary N) is 1. The van der Waals surface area contributed by atoms with E-state index >= 15 is 0 Å². The maximum Gasteiger partial charge on any atom is 0.283 e. The van der Waals surface area contributed by atoms with Crippen molar-refractivity contribution in [2.75, 3.05) is 12.4 Å². The molecule has 7 heteroatoms. The summed E-state index contributed by atoms with van der Waals surface area (Å²) in [6, 6.07) is 12.3. The number of nitrogens with zero attached hydrogens (tertiary/aromatic N) is 3. The number of pyridine rings is 2. The first kappa shape index (κ1) is 18.9. The van der Waals surface area contributed by atoms with Crippen molar-refractivity contribution in [3.05, 3.63) is 66.1 Å². The van der Waals surface area contributed by atoms with Gasteiger partial charge in [0, 0.05) is 40.4 Å². The Labute approximate surface area is 179 Å². The van der Waals surface area contributed by atoms with Crippen LogP contribution in [-0.4, -0.2) is 28.3 Å². The zero-order chi connectivity index (χ0) is 20.7. The molecule has 0 unspecified atom stereocenters. The zero-order valence-electron chi connectivity index (χ0n) is 16.8. The first-order valence-corrected chi connectivity index (χ1v) is 10.9. The number of amidine groups is 1. The van der Waals surface area contributed by atoms with Gasteiger partial charge in [0.15, 0.2) is 5.54 Å². The summed E-state index contributed by atoms with van der Waals surface area (Å²) in [7, 11) is 0. The number of rotatable bonds is 4. The molecular weight excluding hydrogens is 396 g/mol. The van der Waals surface area contributed by atoms with Crippen LogP contribution in [0.1, 0.15) is 25.0 Å². The monoisotopic (exact) mass is 418 g/mol. The Bertz CT molecular complexity index is 1130. The number of hydrogen-bond acceptors (Lipinski definition) is 7. The SMILES string of the molecule is CC(C)CSc1cnc2c(c1)[C@]1(COC(N)=N1)c1cc(-c3cccnc3)ccc1O2. The molecule has 5 rings (SSSR count). The molecule has 0 aliphatic carbocycles. The van der Waals surface area contributed by atoms with Crippen LogP contribution in [0.25, 0.3) is 11.1 Å². The van der Waals surface area contributed by atoms with Crippen LogP contribution in [0.5, 0.6) is 11.6 Å². The lowest BCUT2D eigenvalue weighted by Gasteiger charge is -2.33. The molecule has 0 amide bonds. The summed E-state index contributed by atoms with van der Waals surface area (Å²) in [5.74, 6) is 2.86. The molecule has 1 spiro atoms. The van der Waals surface area contributed by atoms with E-state index in [1.807, 2.05) is 36.7 Å². The normalized spacial score (nSPS) is 19.1. The molecule has 0 radical (unpaired) electrons. The van der Waals surface area contributed by atoms with E-state index in [0.717, 1.165) is 32.9 Å². The van der Waals surface area contributed by atoms with E-state index in [4.69, 9.17) is 20.2 Å². The number of aliphatic imine (C=N–C) groups is 1. The highest BCUT2D eigenvalue weighted by Crippen LogP contribution is 2.51. The Hall–Kier alpha value is -3.06. The Kier molecular flexibility index (Phi) is 4.62. The molecule has 0 fully saturated rings. The predicted molar refractivity (Wildman–Crippen MR) is 118 cm³/mol. The highest BCUT2D eigenvalue weighted by Gasteiger charge is 2.47. The highest BCUT2D eigenvalue weighted by atomic mass is 32.2. The van der Waals surface area contributed by atoms with Gasteiger partial charge in [-0.3, -0.25) is 4.98 Å². The highest BCUT2D eigenvalue weighted by molar-refractivity contribution is 7.99. The van der Waals surface area contributed by atoms with Crippen LogP contribution in [0.3, 0.4) is 0 Å². The van der Waals surface area contributed by atoms with Gasteiger partial charge in [-0.25, -0.2) is 9.98 Å². The Morgan fingerprint density at radius 2 is 2.03 bits per heavy atom. The molecule has 4 heterocycles. The summed E-state index contributed by atoms with van der Waals surface area (Å²) in [5, 5.41) is 0. The Morgan fingerprint density at radius 3 is 2.77 bits per heavy atom. The molecule has 1 atom stereocenters. The number of thioether (sulfide) groups is 1. The second-order valence-corrected chi connectivity index (χ2v) is 8.98. The smallest absolute Gasteiger partial charge is 0.283 e. The topological polar surface area (TPSA) is 82.6 Å². The Morgan fingerprint density at radius 1 is 1.13 bits per heavy atom. The lowest BCUT2D eigenvalue weighted by Crippen LogP contribution is -2.31. The van der Waals surface area contributed by atoms with Crippen LogP contribution in [-0.2, 0) is 10.3 Å². The lowest BCUT2D eigenvalue weighted by molar-refractivity contribution is 0.262. The molecule has 2 N–H and O–H groups in total. The van der Waals surface area contributed by atoms with Crippen LogP contribution < -0.4 is 10.5 Å². The fraction of sp³-hybridized carbons (Fsp3) is 0.261. The van der Waals surface area contributed by atoms with Crippen LogP contribution in [0.2, 0.25) is 0 Å². The molecule has 0 bridgehead atoms. The van der Waals surface area contributed by atoms with E-state index in [0.29, 0.717) is 24.2 Å². The Balaban J connectivity index is 1.65. The van der Waals surface area contributed by atoms with Crippen LogP contribution in [0.15, 0.2) is 64.9 Å². The summed E-state index contributed by atoms with van der Waals surface area (Å²) >= 11 is 1.78. The van der Waals surface area contributed by atoms with Gasteiger partial charge in [-0.2, -0.15) is 0 Å². The van der Waals surface area contributed by atoms with E-state index in [1.54, 1.807) is 18.0 Å². The maximum absolute atomic E-state index is 6.17. The summed E-state index contributed by atoms with van der Waals surface area (Å²) < 4.78 is 11.8. The first-order valence-electron chi connectivity index (χ1n) is 9.89. The van der Waals surface area contributed by atoms with Crippen LogP contribution in [0, 0.1) is 5.92 Å². The second-order valence-electron chi connectivity index (χ2n) is 7.88. The van der Waals surface area contributed by atoms with Crippen LogP contribution >= 0.6 is 11.8 Å².